The van der Waals surface area contributed by atoms with Crippen molar-refractivity contribution in [1.82, 2.24) is 0 Å². The Labute approximate surface area is 189 Å². The third-order valence-electron chi connectivity index (χ3n) is 6.23. The highest BCUT2D eigenvalue weighted by Crippen LogP contribution is 2.43. The molecule has 3 aromatic carbocycles. The van der Waals surface area contributed by atoms with Crippen molar-refractivity contribution in [2.24, 2.45) is 0 Å². The van der Waals surface area contributed by atoms with E-state index in [-0.39, 0.29) is 6.10 Å². The highest BCUT2D eigenvalue weighted by molar-refractivity contribution is 5.83. The summed E-state index contributed by atoms with van der Waals surface area (Å²) in [4.78, 5) is 0. The molecule has 0 aliphatic rings. The van der Waals surface area contributed by atoms with Crippen LogP contribution in [0.1, 0.15) is 77.7 Å². The highest BCUT2D eigenvalue weighted by atomic mass is 16.5. The lowest BCUT2D eigenvalue weighted by molar-refractivity contribution is 0.187. The van der Waals surface area contributed by atoms with Crippen LogP contribution < -0.4 is 4.74 Å². The van der Waals surface area contributed by atoms with E-state index in [0.717, 1.165) is 31.4 Å². The number of rotatable bonds is 11. The van der Waals surface area contributed by atoms with Gasteiger partial charge in [0.1, 0.15) is 5.75 Å². The molecule has 0 heterocycles. The van der Waals surface area contributed by atoms with E-state index in [2.05, 4.69) is 100 Å². The zero-order chi connectivity index (χ0) is 22.1. The van der Waals surface area contributed by atoms with Gasteiger partial charge in [-0.2, -0.15) is 0 Å². The van der Waals surface area contributed by atoms with Crippen LogP contribution in [0.2, 0.25) is 0 Å². The first-order chi connectivity index (χ1) is 15.2. The molecule has 0 aromatic heterocycles. The van der Waals surface area contributed by atoms with Gasteiger partial charge in [0.15, 0.2) is 0 Å². The van der Waals surface area contributed by atoms with Gasteiger partial charge in [-0.15, -0.1) is 0 Å². The van der Waals surface area contributed by atoms with Gasteiger partial charge in [-0.05, 0) is 60.4 Å². The molecule has 0 amide bonds. The second kappa shape index (κ2) is 11.7. The maximum absolute atomic E-state index is 6.80. The maximum atomic E-state index is 6.80. The lowest BCUT2D eigenvalue weighted by Gasteiger charge is -2.25. The molecule has 2 atom stereocenters. The first-order valence-electron chi connectivity index (χ1n) is 12.2. The van der Waals surface area contributed by atoms with E-state index in [4.69, 9.17) is 4.74 Å². The van der Waals surface area contributed by atoms with Gasteiger partial charge in [0.2, 0.25) is 0 Å². The van der Waals surface area contributed by atoms with Crippen molar-refractivity contribution in [3.8, 4) is 28.0 Å². The van der Waals surface area contributed by atoms with Crippen molar-refractivity contribution in [3.05, 3.63) is 78.4 Å². The topological polar surface area (TPSA) is 9.23 Å². The minimum atomic E-state index is 0.235. The summed E-state index contributed by atoms with van der Waals surface area (Å²) in [6, 6.07) is 26.3. The Hall–Kier alpha value is -2.54. The molecule has 0 aliphatic heterocycles. The standard InChI is InChI=1S/C30H38O/c1-5-15-23(7-3)26-21-28(24-17-11-9-12-18-24)30(31-27(8-4)16-6-2)29(22-26)25-19-13-10-14-20-25/h9-14,17-23,27H,5-8,15-16H2,1-4H3. The van der Waals surface area contributed by atoms with Gasteiger partial charge in [0.25, 0.3) is 0 Å². The van der Waals surface area contributed by atoms with Crippen molar-refractivity contribution in [3.63, 3.8) is 0 Å². The molecule has 164 valence electrons. The van der Waals surface area contributed by atoms with Gasteiger partial charge < -0.3 is 4.74 Å². The molecule has 31 heavy (non-hydrogen) atoms. The Kier molecular flexibility index (Phi) is 8.76. The Morgan fingerprint density at radius 2 is 1.16 bits per heavy atom. The molecule has 1 heteroatoms. The van der Waals surface area contributed by atoms with Crippen molar-refractivity contribution < 1.29 is 4.74 Å². The van der Waals surface area contributed by atoms with Crippen LogP contribution in [0.25, 0.3) is 22.3 Å². The number of hydrogen-bond donors (Lipinski definition) is 0. The SMILES string of the molecule is CCCC(CC)Oc1c(-c2ccccc2)cc(C(CC)CCC)cc1-c1ccccc1. The highest BCUT2D eigenvalue weighted by Gasteiger charge is 2.21. The van der Waals surface area contributed by atoms with Crippen molar-refractivity contribution >= 4 is 0 Å². The molecule has 0 fully saturated rings. The monoisotopic (exact) mass is 414 g/mol. The minimum Gasteiger partial charge on any atom is -0.489 e. The van der Waals surface area contributed by atoms with Crippen LogP contribution in [0.3, 0.4) is 0 Å². The summed E-state index contributed by atoms with van der Waals surface area (Å²) in [5.74, 6) is 1.61. The molecule has 0 radical (unpaired) electrons. The average molecular weight is 415 g/mol. The van der Waals surface area contributed by atoms with Crippen LogP contribution in [-0.2, 0) is 0 Å². The van der Waals surface area contributed by atoms with E-state index in [1.807, 2.05) is 0 Å². The van der Waals surface area contributed by atoms with Gasteiger partial charge in [0.05, 0.1) is 6.10 Å². The summed E-state index contributed by atoms with van der Waals surface area (Å²) in [7, 11) is 0. The van der Waals surface area contributed by atoms with Crippen LogP contribution in [0, 0.1) is 0 Å². The fourth-order valence-corrected chi connectivity index (χ4v) is 4.47. The van der Waals surface area contributed by atoms with Gasteiger partial charge in [0, 0.05) is 11.1 Å². The Balaban J connectivity index is 2.26. The molecule has 0 saturated heterocycles. The van der Waals surface area contributed by atoms with Crippen LogP contribution in [-0.4, -0.2) is 6.10 Å². The molecular formula is C30H38O. The van der Waals surface area contributed by atoms with Gasteiger partial charge >= 0.3 is 0 Å². The summed E-state index contributed by atoms with van der Waals surface area (Å²) in [6.45, 7) is 9.06. The quantitative estimate of drug-likeness (QED) is 0.304. The lowest BCUT2D eigenvalue weighted by Crippen LogP contribution is -2.16. The van der Waals surface area contributed by atoms with E-state index >= 15 is 0 Å². The van der Waals surface area contributed by atoms with E-state index in [9.17, 15) is 0 Å². The first kappa shape index (κ1) is 23.1. The lowest BCUT2D eigenvalue weighted by atomic mass is 9.86. The van der Waals surface area contributed by atoms with Gasteiger partial charge in [-0.1, -0.05) is 101 Å². The fourth-order valence-electron chi connectivity index (χ4n) is 4.47. The maximum Gasteiger partial charge on any atom is 0.135 e. The molecule has 0 bridgehead atoms. The molecule has 3 rings (SSSR count). The number of ether oxygens (including phenoxy) is 1. The molecule has 3 aromatic rings. The summed E-state index contributed by atoms with van der Waals surface area (Å²) >= 11 is 0. The largest absolute Gasteiger partial charge is 0.489 e. The van der Waals surface area contributed by atoms with E-state index < -0.39 is 0 Å². The predicted molar refractivity (Wildman–Crippen MR) is 135 cm³/mol. The summed E-state index contributed by atoms with van der Waals surface area (Å²) in [5.41, 5.74) is 6.34. The summed E-state index contributed by atoms with van der Waals surface area (Å²) in [5, 5.41) is 0. The molecule has 0 aliphatic carbocycles. The van der Waals surface area contributed by atoms with Crippen LogP contribution >= 0.6 is 0 Å². The summed E-state index contributed by atoms with van der Waals surface area (Å²) in [6.07, 6.45) is 7.04. The average Bonchev–Trinajstić information content (AvgIpc) is 2.83. The Morgan fingerprint density at radius 3 is 1.58 bits per heavy atom. The summed E-state index contributed by atoms with van der Waals surface area (Å²) < 4.78 is 6.80. The second-order valence-corrected chi connectivity index (χ2v) is 8.51. The third kappa shape index (κ3) is 5.79. The van der Waals surface area contributed by atoms with Gasteiger partial charge in [-0.3, -0.25) is 0 Å². The normalized spacial score (nSPS) is 13.0. The zero-order valence-electron chi connectivity index (χ0n) is 19.7. The molecule has 0 spiro atoms. The van der Waals surface area contributed by atoms with Crippen molar-refractivity contribution in [2.75, 3.05) is 0 Å². The third-order valence-corrected chi connectivity index (χ3v) is 6.23. The zero-order valence-corrected chi connectivity index (χ0v) is 19.7. The predicted octanol–water partition coefficient (Wildman–Crippen LogP) is 9.27. The van der Waals surface area contributed by atoms with Crippen molar-refractivity contribution in [1.29, 1.82) is 0 Å². The van der Waals surface area contributed by atoms with Crippen LogP contribution in [0.5, 0.6) is 5.75 Å². The smallest absolute Gasteiger partial charge is 0.135 e. The molecular weight excluding hydrogens is 376 g/mol. The molecule has 1 nitrogen and oxygen atoms in total. The van der Waals surface area contributed by atoms with Crippen molar-refractivity contribution in [2.45, 2.75) is 78.2 Å². The second-order valence-electron chi connectivity index (χ2n) is 8.51. The Bertz CT molecular complexity index is 853. The first-order valence-corrected chi connectivity index (χ1v) is 12.2. The number of benzene rings is 3. The van der Waals surface area contributed by atoms with E-state index in [1.165, 1.54) is 40.7 Å². The van der Waals surface area contributed by atoms with Crippen LogP contribution in [0.15, 0.2) is 72.8 Å². The fraction of sp³-hybridized carbons (Fsp3) is 0.400. The minimum absolute atomic E-state index is 0.235. The van der Waals surface area contributed by atoms with E-state index in [0.29, 0.717) is 5.92 Å². The van der Waals surface area contributed by atoms with Crippen LogP contribution in [0.4, 0.5) is 0 Å². The van der Waals surface area contributed by atoms with E-state index in [1.54, 1.807) is 0 Å². The molecule has 2 unspecified atom stereocenters. The number of hydrogen-bond acceptors (Lipinski definition) is 1. The molecule has 0 saturated carbocycles. The Morgan fingerprint density at radius 1 is 0.645 bits per heavy atom. The molecule has 0 N–H and O–H groups in total. The van der Waals surface area contributed by atoms with Gasteiger partial charge in [-0.25, -0.2) is 0 Å².